The molecule has 2 heterocycles. The predicted molar refractivity (Wildman–Crippen MR) is 76.8 cm³/mol. The van der Waals surface area contributed by atoms with Gasteiger partial charge in [-0.15, -0.1) is 0 Å². The fraction of sp³-hybridized carbons (Fsp3) is 0.667. The SMILES string of the molecule is CCNCc1ccc(S(=O)(=O)NCC2CCCS2)o1. The average Bonchev–Trinajstić information content (AvgIpc) is 3.05. The lowest BCUT2D eigenvalue weighted by Crippen LogP contribution is -2.29. The Morgan fingerprint density at radius 3 is 3.00 bits per heavy atom. The van der Waals surface area contributed by atoms with Crippen molar-refractivity contribution in [2.24, 2.45) is 0 Å². The molecule has 0 aromatic carbocycles. The molecule has 1 aliphatic heterocycles. The lowest BCUT2D eigenvalue weighted by molar-refractivity contribution is 0.401. The van der Waals surface area contributed by atoms with Gasteiger partial charge in [-0.2, -0.15) is 11.8 Å². The van der Waals surface area contributed by atoms with E-state index in [9.17, 15) is 8.42 Å². The normalized spacial score (nSPS) is 19.9. The standard InChI is InChI=1S/C12H20N2O3S2/c1-2-13-8-10-5-6-12(17-10)19(15,16)14-9-11-4-3-7-18-11/h5-6,11,13-14H,2-4,7-9H2,1H3. The first kappa shape index (κ1) is 14.9. The molecule has 1 saturated heterocycles. The van der Waals surface area contributed by atoms with Gasteiger partial charge >= 0.3 is 0 Å². The number of nitrogens with one attached hydrogen (secondary N) is 2. The molecule has 0 radical (unpaired) electrons. The summed E-state index contributed by atoms with van der Waals surface area (Å²) in [6.45, 7) is 3.84. The number of rotatable bonds is 7. The zero-order chi connectivity index (χ0) is 13.7. The third-order valence-corrected chi connectivity index (χ3v) is 5.67. The van der Waals surface area contributed by atoms with E-state index in [1.54, 1.807) is 6.07 Å². The molecule has 1 fully saturated rings. The maximum Gasteiger partial charge on any atom is 0.273 e. The van der Waals surface area contributed by atoms with Crippen LogP contribution in [0.5, 0.6) is 0 Å². The van der Waals surface area contributed by atoms with Crippen molar-refractivity contribution in [3.8, 4) is 0 Å². The summed E-state index contributed by atoms with van der Waals surface area (Å²) in [6, 6.07) is 3.21. The van der Waals surface area contributed by atoms with Crippen molar-refractivity contribution in [3.63, 3.8) is 0 Å². The van der Waals surface area contributed by atoms with Gasteiger partial charge in [0.05, 0.1) is 6.54 Å². The van der Waals surface area contributed by atoms with Crippen LogP contribution in [0.25, 0.3) is 0 Å². The Balaban J connectivity index is 1.92. The predicted octanol–water partition coefficient (Wildman–Crippen LogP) is 1.56. The van der Waals surface area contributed by atoms with Crippen molar-refractivity contribution in [1.82, 2.24) is 10.0 Å². The molecule has 7 heteroatoms. The molecule has 1 unspecified atom stereocenters. The van der Waals surface area contributed by atoms with Gasteiger partial charge in [0.1, 0.15) is 5.76 Å². The van der Waals surface area contributed by atoms with Gasteiger partial charge in [0.15, 0.2) is 0 Å². The second kappa shape index (κ2) is 6.78. The highest BCUT2D eigenvalue weighted by molar-refractivity contribution is 8.00. The molecule has 1 aromatic heterocycles. The Hall–Kier alpha value is -0.500. The summed E-state index contributed by atoms with van der Waals surface area (Å²) in [7, 11) is -3.51. The second-order valence-electron chi connectivity index (χ2n) is 4.49. The van der Waals surface area contributed by atoms with Gasteiger partial charge in [-0.25, -0.2) is 13.1 Å². The van der Waals surface area contributed by atoms with Gasteiger partial charge in [0.2, 0.25) is 5.09 Å². The van der Waals surface area contributed by atoms with E-state index in [0.717, 1.165) is 18.7 Å². The van der Waals surface area contributed by atoms with Crippen LogP contribution >= 0.6 is 11.8 Å². The number of hydrogen-bond acceptors (Lipinski definition) is 5. The molecule has 108 valence electrons. The largest absolute Gasteiger partial charge is 0.447 e. The van der Waals surface area contributed by atoms with E-state index in [1.807, 2.05) is 18.7 Å². The summed E-state index contributed by atoms with van der Waals surface area (Å²) in [6.07, 6.45) is 2.25. The van der Waals surface area contributed by atoms with Crippen LogP contribution < -0.4 is 10.0 Å². The molecule has 0 saturated carbocycles. The van der Waals surface area contributed by atoms with E-state index < -0.39 is 10.0 Å². The number of sulfonamides is 1. The van der Waals surface area contributed by atoms with Crippen molar-refractivity contribution < 1.29 is 12.8 Å². The maximum absolute atomic E-state index is 12.0. The van der Waals surface area contributed by atoms with Crippen LogP contribution in [0.4, 0.5) is 0 Å². The summed E-state index contributed by atoms with van der Waals surface area (Å²) in [4.78, 5) is 0. The highest BCUT2D eigenvalue weighted by atomic mass is 32.2. The highest BCUT2D eigenvalue weighted by Gasteiger charge is 2.22. The van der Waals surface area contributed by atoms with Crippen molar-refractivity contribution in [2.45, 2.75) is 36.7 Å². The van der Waals surface area contributed by atoms with Crippen LogP contribution in [0.1, 0.15) is 25.5 Å². The first-order chi connectivity index (χ1) is 9.12. The second-order valence-corrected chi connectivity index (χ2v) is 7.59. The first-order valence-electron chi connectivity index (χ1n) is 6.52. The van der Waals surface area contributed by atoms with E-state index in [-0.39, 0.29) is 5.09 Å². The Morgan fingerprint density at radius 1 is 1.47 bits per heavy atom. The van der Waals surface area contributed by atoms with E-state index in [2.05, 4.69) is 10.0 Å². The summed E-state index contributed by atoms with van der Waals surface area (Å²) >= 11 is 1.83. The molecule has 0 aliphatic carbocycles. The maximum atomic E-state index is 12.0. The quantitative estimate of drug-likeness (QED) is 0.800. The zero-order valence-corrected chi connectivity index (χ0v) is 12.6. The Morgan fingerprint density at radius 2 is 2.32 bits per heavy atom. The van der Waals surface area contributed by atoms with E-state index in [0.29, 0.717) is 24.1 Å². The molecule has 1 atom stereocenters. The molecule has 5 nitrogen and oxygen atoms in total. The molecule has 19 heavy (non-hydrogen) atoms. The Kier molecular flexibility index (Phi) is 5.32. The third kappa shape index (κ3) is 4.24. The molecule has 1 aliphatic rings. The summed E-state index contributed by atoms with van der Waals surface area (Å²) in [5.41, 5.74) is 0. The minimum Gasteiger partial charge on any atom is -0.447 e. The monoisotopic (exact) mass is 304 g/mol. The van der Waals surface area contributed by atoms with Crippen LogP contribution in [0.15, 0.2) is 21.6 Å². The van der Waals surface area contributed by atoms with Crippen LogP contribution in [-0.2, 0) is 16.6 Å². The first-order valence-corrected chi connectivity index (χ1v) is 9.05. The smallest absolute Gasteiger partial charge is 0.273 e. The van der Waals surface area contributed by atoms with Gasteiger partial charge in [-0.1, -0.05) is 6.92 Å². The van der Waals surface area contributed by atoms with Gasteiger partial charge in [-0.05, 0) is 37.3 Å². The average molecular weight is 304 g/mol. The number of hydrogen-bond donors (Lipinski definition) is 2. The Labute approximate surface area is 118 Å². The molecule has 0 spiro atoms. The Bertz CT molecular complexity index is 493. The van der Waals surface area contributed by atoms with Crippen molar-refractivity contribution in [3.05, 3.63) is 17.9 Å². The molecule has 0 amide bonds. The molecular formula is C12H20N2O3S2. The van der Waals surface area contributed by atoms with Gasteiger partial charge in [0.25, 0.3) is 10.0 Å². The fourth-order valence-electron chi connectivity index (χ4n) is 1.92. The lowest BCUT2D eigenvalue weighted by atomic mass is 10.2. The minimum atomic E-state index is -3.51. The van der Waals surface area contributed by atoms with Crippen LogP contribution in [0.3, 0.4) is 0 Å². The van der Waals surface area contributed by atoms with E-state index >= 15 is 0 Å². The fourth-order valence-corrected chi connectivity index (χ4v) is 4.26. The topological polar surface area (TPSA) is 71.3 Å². The number of thioether (sulfide) groups is 1. The van der Waals surface area contributed by atoms with Crippen LogP contribution in [0, 0.1) is 0 Å². The highest BCUT2D eigenvalue weighted by Crippen LogP contribution is 2.25. The molecular weight excluding hydrogens is 284 g/mol. The summed E-state index contributed by atoms with van der Waals surface area (Å²) in [5.74, 6) is 1.76. The molecule has 2 N–H and O–H groups in total. The van der Waals surface area contributed by atoms with E-state index in [4.69, 9.17) is 4.42 Å². The zero-order valence-electron chi connectivity index (χ0n) is 11.0. The van der Waals surface area contributed by atoms with Crippen LogP contribution in [-0.4, -0.2) is 32.5 Å². The van der Waals surface area contributed by atoms with Crippen LogP contribution in [0.2, 0.25) is 0 Å². The number of furan rings is 1. The van der Waals surface area contributed by atoms with Gasteiger partial charge in [0, 0.05) is 11.8 Å². The third-order valence-electron chi connectivity index (χ3n) is 2.98. The van der Waals surface area contributed by atoms with Gasteiger partial charge < -0.3 is 9.73 Å². The summed E-state index contributed by atoms with van der Waals surface area (Å²) in [5, 5.41) is 3.49. The van der Waals surface area contributed by atoms with Crippen molar-refractivity contribution in [2.75, 3.05) is 18.8 Å². The van der Waals surface area contributed by atoms with E-state index in [1.165, 1.54) is 12.5 Å². The lowest BCUT2D eigenvalue weighted by Gasteiger charge is -2.09. The minimum absolute atomic E-state index is 0.00315. The van der Waals surface area contributed by atoms with Crippen molar-refractivity contribution in [1.29, 1.82) is 0 Å². The van der Waals surface area contributed by atoms with Crippen molar-refractivity contribution >= 4 is 21.8 Å². The molecule has 1 aromatic rings. The summed E-state index contributed by atoms with van der Waals surface area (Å²) < 4.78 is 32.1. The molecule has 2 rings (SSSR count). The van der Waals surface area contributed by atoms with Gasteiger partial charge in [-0.3, -0.25) is 0 Å². The molecule has 0 bridgehead atoms.